The van der Waals surface area contributed by atoms with Crippen molar-refractivity contribution in [3.05, 3.63) is 23.9 Å². The Bertz CT molecular complexity index is 442. The monoisotopic (exact) mass is 249 g/mol. The Labute approximate surface area is 107 Å². The number of aromatic carboxylic acids is 1. The first-order valence-electron chi connectivity index (χ1n) is 6.15. The maximum Gasteiger partial charge on any atom is 0.354 e. The number of aromatic nitrogens is 1. The van der Waals surface area contributed by atoms with Crippen LogP contribution in [0.15, 0.2) is 18.2 Å². The van der Waals surface area contributed by atoms with E-state index in [2.05, 4.69) is 29.3 Å². The summed E-state index contributed by atoms with van der Waals surface area (Å²) in [5, 5.41) is 12.1. The van der Waals surface area contributed by atoms with Gasteiger partial charge in [0.25, 0.3) is 0 Å². The smallest absolute Gasteiger partial charge is 0.354 e. The van der Waals surface area contributed by atoms with Crippen LogP contribution >= 0.6 is 0 Å². The molecule has 0 bridgehead atoms. The van der Waals surface area contributed by atoms with Crippen LogP contribution in [0.1, 0.15) is 29.8 Å². The Hall–Kier alpha value is -1.62. The summed E-state index contributed by atoms with van der Waals surface area (Å²) in [4.78, 5) is 17.1. The first-order chi connectivity index (χ1) is 8.53. The van der Waals surface area contributed by atoms with Crippen molar-refractivity contribution in [3.8, 4) is 0 Å². The van der Waals surface area contributed by atoms with Gasteiger partial charge in [-0.25, -0.2) is 9.78 Å². The summed E-state index contributed by atoms with van der Waals surface area (Å²) in [5.41, 5.74) is 0.272. The lowest BCUT2D eigenvalue weighted by Gasteiger charge is -2.47. The van der Waals surface area contributed by atoms with E-state index < -0.39 is 5.97 Å². The molecule has 18 heavy (non-hydrogen) atoms. The van der Waals surface area contributed by atoms with Gasteiger partial charge in [-0.2, -0.15) is 0 Å². The molecule has 1 fully saturated rings. The number of nitrogens with one attached hydrogen (secondary N) is 1. The molecule has 1 aromatic rings. The van der Waals surface area contributed by atoms with Gasteiger partial charge in [0.1, 0.15) is 5.82 Å². The third-order valence-corrected chi connectivity index (χ3v) is 3.80. The van der Waals surface area contributed by atoms with Crippen LogP contribution < -0.4 is 5.32 Å². The Morgan fingerprint density at radius 3 is 2.72 bits per heavy atom. The molecule has 1 aliphatic carbocycles. The van der Waals surface area contributed by atoms with E-state index in [1.54, 1.807) is 12.1 Å². The topological polar surface area (TPSA) is 65.5 Å². The minimum absolute atomic E-state index is 0.0764. The van der Waals surface area contributed by atoms with E-state index in [-0.39, 0.29) is 11.2 Å². The van der Waals surface area contributed by atoms with E-state index in [4.69, 9.17) is 5.11 Å². The van der Waals surface area contributed by atoms with Crippen LogP contribution in [0.3, 0.4) is 0 Å². The number of pyridine rings is 1. The molecule has 1 heterocycles. The first kappa shape index (κ1) is 12.8. The van der Waals surface area contributed by atoms with Gasteiger partial charge in [-0.1, -0.05) is 6.07 Å². The second-order valence-corrected chi connectivity index (χ2v) is 5.04. The molecular weight excluding hydrogens is 230 g/mol. The minimum Gasteiger partial charge on any atom is -0.477 e. The quantitative estimate of drug-likeness (QED) is 0.831. The molecule has 5 heteroatoms. The highest BCUT2D eigenvalue weighted by atomic mass is 16.4. The predicted molar refractivity (Wildman–Crippen MR) is 70.0 cm³/mol. The Morgan fingerprint density at radius 1 is 1.50 bits per heavy atom. The van der Waals surface area contributed by atoms with Crippen LogP contribution in [-0.4, -0.2) is 47.1 Å². The number of nitrogens with zero attached hydrogens (tertiary/aromatic N) is 2. The molecule has 0 spiro atoms. The van der Waals surface area contributed by atoms with Crippen LogP contribution in [0, 0.1) is 0 Å². The number of hydrogen-bond donors (Lipinski definition) is 2. The van der Waals surface area contributed by atoms with Gasteiger partial charge in [-0.15, -0.1) is 0 Å². The zero-order valence-corrected chi connectivity index (χ0v) is 10.8. The molecular formula is C13H19N3O2. The summed E-state index contributed by atoms with van der Waals surface area (Å²) in [6.07, 6.45) is 3.60. The minimum atomic E-state index is -0.996. The summed E-state index contributed by atoms with van der Waals surface area (Å²) in [6.45, 7) is 0.802. The summed E-state index contributed by atoms with van der Waals surface area (Å²) in [6, 6.07) is 5.01. The molecule has 0 radical (unpaired) electrons. The van der Waals surface area contributed by atoms with E-state index >= 15 is 0 Å². The van der Waals surface area contributed by atoms with Gasteiger partial charge in [0, 0.05) is 12.1 Å². The van der Waals surface area contributed by atoms with Crippen LogP contribution in [0.5, 0.6) is 0 Å². The van der Waals surface area contributed by atoms with Crippen molar-refractivity contribution in [1.29, 1.82) is 0 Å². The fourth-order valence-corrected chi connectivity index (χ4v) is 2.27. The largest absolute Gasteiger partial charge is 0.477 e. The standard InChI is InChI=1S/C13H19N3O2/c1-16(2)13(7-4-8-13)9-14-11-6-3-5-10(15-11)12(17)18/h3,5-6H,4,7-9H2,1-2H3,(H,14,15)(H,17,18). The lowest BCUT2D eigenvalue weighted by atomic mass is 9.75. The summed E-state index contributed by atoms with van der Waals surface area (Å²) < 4.78 is 0. The van der Waals surface area contributed by atoms with Crippen molar-refractivity contribution in [2.45, 2.75) is 24.8 Å². The third kappa shape index (κ3) is 2.46. The van der Waals surface area contributed by atoms with E-state index in [9.17, 15) is 4.79 Å². The summed E-state index contributed by atoms with van der Waals surface area (Å²) in [7, 11) is 4.17. The maximum absolute atomic E-state index is 10.8. The van der Waals surface area contributed by atoms with Crippen LogP contribution in [-0.2, 0) is 0 Å². The molecule has 2 N–H and O–H groups in total. The summed E-state index contributed by atoms with van der Waals surface area (Å²) >= 11 is 0. The Balaban J connectivity index is 2.02. The van der Waals surface area contributed by atoms with Gasteiger partial charge >= 0.3 is 5.97 Å². The van der Waals surface area contributed by atoms with E-state index in [1.165, 1.54) is 25.3 Å². The van der Waals surface area contributed by atoms with Crippen molar-refractivity contribution >= 4 is 11.8 Å². The fourth-order valence-electron chi connectivity index (χ4n) is 2.27. The second-order valence-electron chi connectivity index (χ2n) is 5.04. The zero-order valence-electron chi connectivity index (χ0n) is 10.8. The fraction of sp³-hybridized carbons (Fsp3) is 0.538. The molecule has 0 unspecified atom stereocenters. The van der Waals surface area contributed by atoms with Crippen molar-refractivity contribution in [1.82, 2.24) is 9.88 Å². The molecule has 1 aliphatic rings. The lowest BCUT2D eigenvalue weighted by Crippen LogP contribution is -2.54. The van der Waals surface area contributed by atoms with Crippen molar-refractivity contribution in [2.24, 2.45) is 0 Å². The SMILES string of the molecule is CN(C)C1(CNc2cccc(C(=O)O)n2)CCC1. The number of carboxylic acids is 1. The average Bonchev–Trinajstić information content (AvgIpc) is 2.27. The van der Waals surface area contributed by atoms with E-state index in [0.29, 0.717) is 5.82 Å². The zero-order chi connectivity index (χ0) is 13.2. The van der Waals surface area contributed by atoms with E-state index in [0.717, 1.165) is 6.54 Å². The molecule has 1 saturated carbocycles. The molecule has 0 saturated heterocycles. The third-order valence-electron chi connectivity index (χ3n) is 3.80. The number of likely N-dealkylation sites (N-methyl/N-ethyl adjacent to an activating group) is 1. The average molecular weight is 249 g/mol. The molecule has 0 atom stereocenters. The van der Waals surface area contributed by atoms with Gasteiger partial charge in [-0.3, -0.25) is 0 Å². The number of carboxylic acid groups (broad SMARTS) is 1. The molecule has 1 aromatic heterocycles. The highest BCUT2D eigenvalue weighted by Crippen LogP contribution is 2.36. The Kier molecular flexibility index (Phi) is 3.52. The number of carbonyl (C=O) groups is 1. The molecule has 5 nitrogen and oxygen atoms in total. The normalized spacial score (nSPS) is 17.3. The number of anilines is 1. The van der Waals surface area contributed by atoms with Crippen LogP contribution in [0.25, 0.3) is 0 Å². The molecule has 2 rings (SSSR count). The first-order valence-corrected chi connectivity index (χ1v) is 6.15. The van der Waals surface area contributed by atoms with Gasteiger partial charge in [0.15, 0.2) is 5.69 Å². The lowest BCUT2D eigenvalue weighted by molar-refractivity contribution is 0.0690. The highest BCUT2D eigenvalue weighted by molar-refractivity contribution is 5.85. The van der Waals surface area contributed by atoms with Crippen LogP contribution in [0.4, 0.5) is 5.82 Å². The Morgan fingerprint density at radius 2 is 2.22 bits per heavy atom. The molecule has 0 aromatic carbocycles. The van der Waals surface area contributed by atoms with Crippen molar-refractivity contribution in [2.75, 3.05) is 26.0 Å². The maximum atomic E-state index is 10.8. The van der Waals surface area contributed by atoms with Crippen molar-refractivity contribution < 1.29 is 9.90 Å². The summed E-state index contributed by atoms with van der Waals surface area (Å²) in [5.74, 6) is -0.368. The number of rotatable bonds is 5. The second kappa shape index (κ2) is 4.94. The van der Waals surface area contributed by atoms with Gasteiger partial charge in [-0.05, 0) is 45.5 Å². The van der Waals surface area contributed by atoms with Gasteiger partial charge < -0.3 is 15.3 Å². The van der Waals surface area contributed by atoms with Crippen LogP contribution in [0.2, 0.25) is 0 Å². The predicted octanol–water partition coefficient (Wildman–Crippen LogP) is 1.68. The van der Waals surface area contributed by atoms with E-state index in [1.807, 2.05) is 0 Å². The van der Waals surface area contributed by atoms with Crippen molar-refractivity contribution in [3.63, 3.8) is 0 Å². The highest BCUT2D eigenvalue weighted by Gasteiger charge is 2.38. The molecule has 98 valence electrons. The van der Waals surface area contributed by atoms with Gasteiger partial charge in [0.05, 0.1) is 0 Å². The molecule has 0 aliphatic heterocycles. The van der Waals surface area contributed by atoms with Gasteiger partial charge in [0.2, 0.25) is 0 Å². The number of hydrogen-bond acceptors (Lipinski definition) is 4. The molecule has 0 amide bonds.